The van der Waals surface area contributed by atoms with Crippen LogP contribution in [0.15, 0.2) is 0 Å². The monoisotopic (exact) mass is 175 g/mol. The van der Waals surface area contributed by atoms with Gasteiger partial charge < -0.3 is 10.4 Å². The molecule has 0 aliphatic heterocycles. The van der Waals surface area contributed by atoms with Crippen LogP contribution in [-0.2, 0) is 4.79 Å². The Morgan fingerprint density at radius 3 is 2.00 bits per heavy atom. The zero-order valence-electron chi connectivity index (χ0n) is 8.72. The van der Waals surface area contributed by atoms with Crippen LogP contribution in [0.4, 0.5) is 0 Å². The van der Waals surface area contributed by atoms with Crippen molar-refractivity contribution in [2.75, 3.05) is 6.61 Å². The van der Waals surface area contributed by atoms with E-state index in [0.29, 0.717) is 0 Å². The molecule has 3 nitrogen and oxygen atoms in total. The highest BCUT2D eigenvalue weighted by Crippen LogP contribution is 1.91. The molecule has 1 amide bonds. The van der Waals surface area contributed by atoms with E-state index in [-0.39, 0.29) is 24.5 Å². The van der Waals surface area contributed by atoms with Crippen LogP contribution in [0, 0.1) is 5.92 Å². The van der Waals surface area contributed by atoms with Gasteiger partial charge in [-0.2, -0.15) is 0 Å². The van der Waals surface area contributed by atoms with Crippen LogP contribution in [0.1, 0.15) is 34.6 Å². The number of carbonyl (C=O) groups excluding carboxylic acids is 1. The van der Waals surface area contributed by atoms with E-state index in [1.807, 2.05) is 27.7 Å². The third-order valence-electron chi connectivity index (χ3n) is 1.19. The van der Waals surface area contributed by atoms with Gasteiger partial charge in [-0.25, -0.2) is 0 Å². The van der Waals surface area contributed by atoms with Gasteiger partial charge in [0.15, 0.2) is 0 Å². The molecule has 0 aliphatic carbocycles. The minimum absolute atomic E-state index is 0.00153. The highest BCUT2D eigenvalue weighted by molar-refractivity contribution is 5.78. The van der Waals surface area contributed by atoms with Gasteiger partial charge in [-0.1, -0.05) is 27.7 Å². The predicted molar refractivity (Wildman–Crippen MR) is 50.9 cm³/mol. The summed E-state index contributed by atoms with van der Waals surface area (Å²) in [5.74, 6) is -0.0180. The smallest absolute Gasteiger partial charge is 0.222 e. The standard InChI is InChI=1S/C7H15NO2.C2H6/c1-5(2)7(10)8-6(3)4-9;1-2/h5-6,9H,4H2,1-3H3,(H,8,10);1-2H3. The Bertz CT molecular complexity index is 113. The first kappa shape index (κ1) is 14.0. The topological polar surface area (TPSA) is 49.3 Å². The Morgan fingerprint density at radius 1 is 1.33 bits per heavy atom. The third kappa shape index (κ3) is 7.54. The lowest BCUT2D eigenvalue weighted by molar-refractivity contribution is -0.124. The largest absolute Gasteiger partial charge is 0.394 e. The minimum Gasteiger partial charge on any atom is -0.394 e. The summed E-state index contributed by atoms with van der Waals surface area (Å²) in [6, 6.07) is -0.130. The Hall–Kier alpha value is -0.570. The SMILES string of the molecule is CC.CC(CO)NC(=O)C(C)C. The molecule has 0 aliphatic rings. The van der Waals surface area contributed by atoms with Crippen molar-refractivity contribution in [3.05, 3.63) is 0 Å². The predicted octanol–water partition coefficient (Wildman–Crippen LogP) is 1.17. The second kappa shape index (κ2) is 8.53. The van der Waals surface area contributed by atoms with E-state index in [0.717, 1.165) is 0 Å². The Kier molecular flexibility index (Phi) is 9.93. The van der Waals surface area contributed by atoms with Gasteiger partial charge in [-0.3, -0.25) is 4.79 Å². The van der Waals surface area contributed by atoms with Gasteiger partial charge in [0.1, 0.15) is 0 Å². The van der Waals surface area contributed by atoms with E-state index in [2.05, 4.69) is 5.32 Å². The molecule has 1 atom stereocenters. The van der Waals surface area contributed by atoms with Gasteiger partial charge in [-0.15, -0.1) is 0 Å². The van der Waals surface area contributed by atoms with E-state index in [9.17, 15) is 4.79 Å². The molecular weight excluding hydrogens is 154 g/mol. The van der Waals surface area contributed by atoms with Crippen molar-refractivity contribution in [3.8, 4) is 0 Å². The van der Waals surface area contributed by atoms with Crippen molar-refractivity contribution >= 4 is 5.91 Å². The molecule has 0 fully saturated rings. The van der Waals surface area contributed by atoms with Crippen LogP contribution < -0.4 is 5.32 Å². The Labute approximate surface area is 75.2 Å². The number of hydrogen-bond donors (Lipinski definition) is 2. The van der Waals surface area contributed by atoms with Crippen molar-refractivity contribution in [1.29, 1.82) is 0 Å². The molecule has 0 saturated heterocycles. The maximum atomic E-state index is 10.9. The first-order valence-electron chi connectivity index (χ1n) is 4.49. The second-order valence-electron chi connectivity index (χ2n) is 2.75. The van der Waals surface area contributed by atoms with E-state index < -0.39 is 0 Å². The number of carbonyl (C=O) groups is 1. The van der Waals surface area contributed by atoms with Crippen molar-refractivity contribution in [3.63, 3.8) is 0 Å². The first-order valence-corrected chi connectivity index (χ1v) is 4.49. The number of amides is 1. The molecule has 0 radical (unpaired) electrons. The highest BCUT2D eigenvalue weighted by atomic mass is 16.3. The second-order valence-corrected chi connectivity index (χ2v) is 2.75. The molecule has 0 spiro atoms. The van der Waals surface area contributed by atoms with E-state index in [4.69, 9.17) is 5.11 Å². The van der Waals surface area contributed by atoms with Crippen LogP contribution >= 0.6 is 0 Å². The van der Waals surface area contributed by atoms with Gasteiger partial charge >= 0.3 is 0 Å². The number of aliphatic hydroxyl groups excluding tert-OH is 1. The molecule has 3 heteroatoms. The van der Waals surface area contributed by atoms with Gasteiger partial charge in [0.25, 0.3) is 0 Å². The normalized spacial score (nSPS) is 11.6. The Balaban J connectivity index is 0. The van der Waals surface area contributed by atoms with Crippen LogP contribution in [-0.4, -0.2) is 23.7 Å². The summed E-state index contributed by atoms with van der Waals surface area (Å²) < 4.78 is 0. The highest BCUT2D eigenvalue weighted by Gasteiger charge is 2.08. The first-order chi connectivity index (χ1) is 5.57. The molecule has 0 heterocycles. The lowest BCUT2D eigenvalue weighted by Gasteiger charge is -2.12. The zero-order chi connectivity index (χ0) is 10.1. The lowest BCUT2D eigenvalue weighted by atomic mass is 10.2. The number of hydrogen-bond acceptors (Lipinski definition) is 2. The van der Waals surface area contributed by atoms with Crippen molar-refractivity contribution in [2.45, 2.75) is 40.7 Å². The molecule has 12 heavy (non-hydrogen) atoms. The molecule has 2 N–H and O–H groups in total. The summed E-state index contributed by atoms with van der Waals surface area (Å²) in [6.07, 6.45) is 0. The molecule has 0 rings (SSSR count). The Morgan fingerprint density at radius 2 is 1.75 bits per heavy atom. The summed E-state index contributed by atoms with van der Waals surface area (Å²) >= 11 is 0. The van der Waals surface area contributed by atoms with Gasteiger partial charge in [0, 0.05) is 12.0 Å². The fourth-order valence-electron chi connectivity index (χ4n) is 0.455. The summed E-state index contributed by atoms with van der Waals surface area (Å²) in [6.45, 7) is 9.40. The van der Waals surface area contributed by atoms with Gasteiger partial charge in [0.05, 0.1) is 6.61 Å². The van der Waals surface area contributed by atoms with Crippen molar-refractivity contribution < 1.29 is 9.90 Å². The van der Waals surface area contributed by atoms with Gasteiger partial charge in [-0.05, 0) is 6.92 Å². The minimum atomic E-state index is -0.130. The summed E-state index contributed by atoms with van der Waals surface area (Å²) in [5.41, 5.74) is 0. The molecule has 1 unspecified atom stereocenters. The third-order valence-corrected chi connectivity index (χ3v) is 1.19. The van der Waals surface area contributed by atoms with E-state index >= 15 is 0 Å². The van der Waals surface area contributed by atoms with Crippen LogP contribution in [0.25, 0.3) is 0 Å². The molecule has 0 aromatic carbocycles. The van der Waals surface area contributed by atoms with Crippen LogP contribution in [0.2, 0.25) is 0 Å². The molecule has 0 bridgehead atoms. The van der Waals surface area contributed by atoms with E-state index in [1.165, 1.54) is 0 Å². The summed E-state index contributed by atoms with van der Waals surface area (Å²) in [7, 11) is 0. The summed E-state index contributed by atoms with van der Waals surface area (Å²) in [4.78, 5) is 10.9. The number of aliphatic hydroxyl groups is 1. The number of rotatable bonds is 3. The number of nitrogens with one attached hydrogen (secondary N) is 1. The average molecular weight is 175 g/mol. The maximum absolute atomic E-state index is 10.9. The molecule has 0 saturated carbocycles. The van der Waals surface area contributed by atoms with Crippen LogP contribution in [0.5, 0.6) is 0 Å². The van der Waals surface area contributed by atoms with Gasteiger partial charge in [0.2, 0.25) is 5.91 Å². The van der Waals surface area contributed by atoms with Crippen molar-refractivity contribution in [1.82, 2.24) is 5.32 Å². The lowest BCUT2D eigenvalue weighted by Crippen LogP contribution is -2.37. The van der Waals surface area contributed by atoms with Crippen LogP contribution in [0.3, 0.4) is 0 Å². The molecule has 74 valence electrons. The van der Waals surface area contributed by atoms with E-state index in [1.54, 1.807) is 6.92 Å². The maximum Gasteiger partial charge on any atom is 0.222 e. The zero-order valence-corrected chi connectivity index (χ0v) is 8.72. The quantitative estimate of drug-likeness (QED) is 0.676. The molecule has 0 aromatic heterocycles. The average Bonchev–Trinajstić information content (AvgIpc) is 2.07. The van der Waals surface area contributed by atoms with Crippen molar-refractivity contribution in [2.24, 2.45) is 5.92 Å². The molecule has 0 aromatic rings. The fourth-order valence-corrected chi connectivity index (χ4v) is 0.455. The molecular formula is C9H21NO2. The summed E-state index contributed by atoms with van der Waals surface area (Å²) in [5, 5.41) is 11.2. The fraction of sp³-hybridized carbons (Fsp3) is 0.889.